The molecule has 0 aliphatic carbocycles. The van der Waals surface area contributed by atoms with Crippen molar-refractivity contribution in [3.63, 3.8) is 0 Å². The molecule has 3 rings (SSSR count). The van der Waals surface area contributed by atoms with Gasteiger partial charge in [-0.2, -0.15) is 0 Å². The Kier molecular flexibility index (Phi) is 5.67. The van der Waals surface area contributed by atoms with E-state index in [1.165, 1.54) is 6.42 Å². The maximum Gasteiger partial charge on any atom is 0.156 e. The number of carbonyl (C=O) groups excluding carboxylic acids is 1. The van der Waals surface area contributed by atoms with Crippen LogP contribution in [0.4, 0.5) is 0 Å². The molecule has 0 radical (unpaired) electrons. The van der Waals surface area contributed by atoms with Crippen LogP contribution < -0.4 is 0 Å². The van der Waals surface area contributed by atoms with Crippen molar-refractivity contribution in [1.82, 2.24) is 15.1 Å². The van der Waals surface area contributed by atoms with Gasteiger partial charge in [-0.25, -0.2) is 0 Å². The third-order valence-corrected chi connectivity index (χ3v) is 6.36. The molecular formula is C18H29N3O2S. The standard InChI is InChI=1S/C18H29N3O2S/c1-18(2,3)17-20-19-16(24-17)12-15(22)14-6-4-5-9-21(14)13-7-10-23-11-8-13/h13-14H,4-12H2,1-3H3/t14-/m0/s1. The molecule has 3 heterocycles. The highest BCUT2D eigenvalue weighted by atomic mass is 32.1. The number of nitrogens with zero attached hydrogens (tertiary/aromatic N) is 3. The summed E-state index contributed by atoms with van der Waals surface area (Å²) in [6.07, 6.45) is 5.88. The average Bonchev–Trinajstić information content (AvgIpc) is 3.04. The van der Waals surface area contributed by atoms with Gasteiger partial charge >= 0.3 is 0 Å². The van der Waals surface area contributed by atoms with Crippen LogP contribution in [0.3, 0.4) is 0 Å². The van der Waals surface area contributed by atoms with Gasteiger partial charge in [0.1, 0.15) is 10.0 Å². The molecule has 0 bridgehead atoms. The lowest BCUT2D eigenvalue weighted by Crippen LogP contribution is -2.52. The number of hydrogen-bond acceptors (Lipinski definition) is 6. The number of Topliss-reactive ketones (excluding diaryl/α,β-unsaturated/α-hetero) is 1. The van der Waals surface area contributed by atoms with E-state index in [-0.39, 0.29) is 11.5 Å². The molecule has 2 saturated heterocycles. The fraction of sp³-hybridized carbons (Fsp3) is 0.833. The van der Waals surface area contributed by atoms with E-state index < -0.39 is 0 Å². The highest BCUT2D eigenvalue weighted by Crippen LogP contribution is 2.28. The Hall–Kier alpha value is -0.850. The predicted molar refractivity (Wildman–Crippen MR) is 95.5 cm³/mol. The summed E-state index contributed by atoms with van der Waals surface area (Å²) in [7, 11) is 0. The van der Waals surface area contributed by atoms with Crippen molar-refractivity contribution < 1.29 is 9.53 Å². The second-order valence-corrected chi connectivity index (χ2v) is 9.05. The highest BCUT2D eigenvalue weighted by Gasteiger charge is 2.34. The van der Waals surface area contributed by atoms with Crippen molar-refractivity contribution in [3.05, 3.63) is 10.0 Å². The lowest BCUT2D eigenvalue weighted by Gasteiger charge is -2.41. The van der Waals surface area contributed by atoms with Crippen LogP contribution in [0.1, 0.15) is 62.9 Å². The average molecular weight is 352 g/mol. The minimum Gasteiger partial charge on any atom is -0.381 e. The first kappa shape index (κ1) is 18.0. The number of ketones is 1. The van der Waals surface area contributed by atoms with Crippen molar-refractivity contribution in [2.45, 2.75) is 76.8 Å². The monoisotopic (exact) mass is 351 g/mol. The van der Waals surface area contributed by atoms with Gasteiger partial charge in [-0.3, -0.25) is 9.69 Å². The summed E-state index contributed by atoms with van der Waals surface area (Å²) in [4.78, 5) is 15.4. The Bertz CT molecular complexity index is 561. The maximum atomic E-state index is 12.9. The molecule has 0 spiro atoms. The fourth-order valence-corrected chi connectivity index (χ4v) is 4.56. The van der Waals surface area contributed by atoms with E-state index in [0.717, 1.165) is 55.5 Å². The van der Waals surface area contributed by atoms with E-state index in [0.29, 0.717) is 18.2 Å². The van der Waals surface area contributed by atoms with Gasteiger partial charge in [0.05, 0.1) is 12.5 Å². The number of carbonyl (C=O) groups is 1. The molecule has 0 N–H and O–H groups in total. The van der Waals surface area contributed by atoms with Crippen molar-refractivity contribution in [1.29, 1.82) is 0 Å². The van der Waals surface area contributed by atoms with Gasteiger partial charge in [0, 0.05) is 24.7 Å². The first-order chi connectivity index (χ1) is 11.4. The molecule has 5 nitrogen and oxygen atoms in total. The number of likely N-dealkylation sites (tertiary alicyclic amines) is 1. The topological polar surface area (TPSA) is 55.3 Å². The van der Waals surface area contributed by atoms with Crippen LogP contribution in [0.25, 0.3) is 0 Å². The second kappa shape index (κ2) is 7.58. The Labute approximate surface area is 148 Å². The van der Waals surface area contributed by atoms with Crippen LogP contribution in [0.2, 0.25) is 0 Å². The molecular weight excluding hydrogens is 322 g/mol. The van der Waals surface area contributed by atoms with Crippen LogP contribution in [0, 0.1) is 0 Å². The van der Waals surface area contributed by atoms with E-state index >= 15 is 0 Å². The van der Waals surface area contributed by atoms with Crippen LogP contribution in [-0.4, -0.2) is 52.7 Å². The normalized spacial score (nSPS) is 24.2. The zero-order chi connectivity index (χ0) is 17.2. The van der Waals surface area contributed by atoms with Gasteiger partial charge in [-0.1, -0.05) is 27.2 Å². The lowest BCUT2D eigenvalue weighted by molar-refractivity contribution is -0.127. The Morgan fingerprint density at radius 1 is 1.21 bits per heavy atom. The van der Waals surface area contributed by atoms with E-state index in [1.807, 2.05) is 0 Å². The third-order valence-electron chi connectivity index (χ3n) is 5.01. The van der Waals surface area contributed by atoms with Gasteiger partial charge in [-0.15, -0.1) is 21.5 Å². The van der Waals surface area contributed by atoms with Gasteiger partial charge in [0.15, 0.2) is 5.78 Å². The summed E-state index contributed by atoms with van der Waals surface area (Å²) < 4.78 is 5.49. The molecule has 1 atom stereocenters. The summed E-state index contributed by atoms with van der Waals surface area (Å²) in [5.41, 5.74) is -0.00205. The van der Waals surface area contributed by atoms with Crippen LogP contribution in [-0.2, 0) is 21.4 Å². The van der Waals surface area contributed by atoms with Gasteiger partial charge < -0.3 is 4.74 Å². The smallest absolute Gasteiger partial charge is 0.156 e. The molecule has 6 heteroatoms. The van der Waals surface area contributed by atoms with Crippen LogP contribution >= 0.6 is 11.3 Å². The first-order valence-electron chi connectivity index (χ1n) is 9.14. The number of ether oxygens (including phenoxy) is 1. The Morgan fingerprint density at radius 2 is 1.96 bits per heavy atom. The minimum absolute atomic E-state index is 0.00205. The molecule has 1 aromatic heterocycles. The minimum atomic E-state index is -0.00205. The molecule has 1 aromatic rings. The molecule has 134 valence electrons. The second-order valence-electron chi connectivity index (χ2n) is 7.99. The van der Waals surface area contributed by atoms with Crippen molar-refractivity contribution in [2.75, 3.05) is 19.8 Å². The fourth-order valence-electron chi connectivity index (χ4n) is 3.65. The van der Waals surface area contributed by atoms with Gasteiger partial charge in [0.25, 0.3) is 0 Å². The molecule has 2 aliphatic rings. The SMILES string of the molecule is CC(C)(C)c1nnc(CC(=O)[C@@H]2CCCCN2C2CCOCC2)s1. The predicted octanol–water partition coefficient (Wildman–Crippen LogP) is 2.98. The molecule has 2 fully saturated rings. The largest absolute Gasteiger partial charge is 0.381 e. The summed E-state index contributed by atoms with van der Waals surface area (Å²) in [6, 6.07) is 0.566. The zero-order valence-electron chi connectivity index (χ0n) is 15.1. The summed E-state index contributed by atoms with van der Waals surface area (Å²) >= 11 is 1.59. The van der Waals surface area contributed by atoms with E-state index in [9.17, 15) is 4.79 Å². The summed E-state index contributed by atoms with van der Waals surface area (Å²) in [6.45, 7) is 9.10. The first-order valence-corrected chi connectivity index (χ1v) is 9.96. The molecule has 0 unspecified atom stereocenters. The number of piperidine rings is 1. The molecule has 0 saturated carbocycles. The number of rotatable bonds is 4. The van der Waals surface area contributed by atoms with E-state index in [4.69, 9.17) is 4.74 Å². The van der Waals surface area contributed by atoms with Crippen LogP contribution in [0.5, 0.6) is 0 Å². The number of aromatic nitrogens is 2. The van der Waals surface area contributed by atoms with Gasteiger partial charge in [-0.05, 0) is 32.2 Å². The van der Waals surface area contributed by atoms with Crippen molar-refractivity contribution in [3.8, 4) is 0 Å². The van der Waals surface area contributed by atoms with E-state index in [1.54, 1.807) is 11.3 Å². The quantitative estimate of drug-likeness (QED) is 0.835. The van der Waals surface area contributed by atoms with Gasteiger partial charge in [0.2, 0.25) is 0 Å². The molecule has 0 aromatic carbocycles. The third kappa shape index (κ3) is 4.21. The van der Waals surface area contributed by atoms with Crippen molar-refractivity contribution >= 4 is 17.1 Å². The summed E-state index contributed by atoms with van der Waals surface area (Å²) in [5, 5.41) is 10.4. The molecule has 0 amide bonds. The zero-order valence-corrected chi connectivity index (χ0v) is 15.9. The molecule has 2 aliphatic heterocycles. The van der Waals surface area contributed by atoms with Crippen molar-refractivity contribution in [2.24, 2.45) is 0 Å². The summed E-state index contributed by atoms with van der Waals surface area (Å²) in [5.74, 6) is 0.317. The Morgan fingerprint density at radius 3 is 2.62 bits per heavy atom. The maximum absolute atomic E-state index is 12.9. The molecule has 24 heavy (non-hydrogen) atoms. The highest BCUT2D eigenvalue weighted by molar-refractivity contribution is 7.11. The Balaban J connectivity index is 1.66. The number of hydrogen-bond donors (Lipinski definition) is 0. The van der Waals surface area contributed by atoms with Crippen LogP contribution in [0.15, 0.2) is 0 Å². The van der Waals surface area contributed by atoms with E-state index in [2.05, 4.69) is 35.9 Å². The lowest BCUT2D eigenvalue weighted by atomic mass is 9.93.